The molecule has 0 amide bonds. The third kappa shape index (κ3) is 4.23. The molecule has 0 spiro atoms. The van der Waals surface area contributed by atoms with E-state index in [-0.39, 0.29) is 0 Å². The number of nitrogen functional groups attached to an aromatic ring is 1. The van der Waals surface area contributed by atoms with Crippen LogP contribution in [-0.2, 0) is 6.54 Å². The molecule has 0 radical (unpaired) electrons. The first-order chi connectivity index (χ1) is 10.7. The van der Waals surface area contributed by atoms with Crippen molar-refractivity contribution in [2.24, 2.45) is 5.92 Å². The average Bonchev–Trinajstić information content (AvgIpc) is 2.50. The van der Waals surface area contributed by atoms with Crippen molar-refractivity contribution in [3.05, 3.63) is 29.8 Å². The van der Waals surface area contributed by atoms with Gasteiger partial charge in [0.2, 0.25) is 0 Å². The van der Waals surface area contributed by atoms with E-state index in [4.69, 9.17) is 5.73 Å². The highest BCUT2D eigenvalue weighted by Gasteiger charge is 2.25. The lowest BCUT2D eigenvalue weighted by atomic mass is 9.94. The third-order valence-corrected chi connectivity index (χ3v) is 5.39. The molecule has 1 aromatic carbocycles. The van der Waals surface area contributed by atoms with Crippen molar-refractivity contribution in [2.45, 2.75) is 51.6 Å². The van der Waals surface area contributed by atoms with Crippen molar-refractivity contribution < 1.29 is 0 Å². The maximum absolute atomic E-state index is 5.90. The van der Waals surface area contributed by atoms with Crippen LogP contribution in [0.4, 0.5) is 5.69 Å². The zero-order valence-electron chi connectivity index (χ0n) is 14.0. The van der Waals surface area contributed by atoms with Crippen molar-refractivity contribution in [1.29, 1.82) is 0 Å². The first-order valence-corrected chi connectivity index (χ1v) is 9.01. The van der Waals surface area contributed by atoms with Gasteiger partial charge in [-0.15, -0.1) is 0 Å². The van der Waals surface area contributed by atoms with Crippen LogP contribution in [0.5, 0.6) is 0 Å². The van der Waals surface area contributed by atoms with E-state index >= 15 is 0 Å². The number of rotatable bonds is 4. The van der Waals surface area contributed by atoms with Crippen LogP contribution in [0.15, 0.2) is 24.3 Å². The zero-order chi connectivity index (χ0) is 15.4. The molecule has 0 bridgehead atoms. The normalized spacial score (nSPS) is 27.9. The Morgan fingerprint density at radius 2 is 2.05 bits per heavy atom. The third-order valence-electron chi connectivity index (χ3n) is 5.39. The highest BCUT2D eigenvalue weighted by molar-refractivity contribution is 5.40. The Hall–Kier alpha value is -1.06. The minimum absolute atomic E-state index is 0.790. The van der Waals surface area contributed by atoms with Gasteiger partial charge in [0.05, 0.1) is 0 Å². The Kier molecular flexibility index (Phi) is 5.37. The van der Waals surface area contributed by atoms with Gasteiger partial charge in [-0.3, -0.25) is 4.90 Å². The van der Waals surface area contributed by atoms with Gasteiger partial charge in [0.15, 0.2) is 0 Å². The lowest BCUT2D eigenvalue weighted by Gasteiger charge is -2.39. The fourth-order valence-electron chi connectivity index (χ4n) is 4.15. The number of hydrogen-bond donors (Lipinski definition) is 1. The van der Waals surface area contributed by atoms with Gasteiger partial charge in [0, 0.05) is 31.4 Å². The van der Waals surface area contributed by atoms with Crippen molar-refractivity contribution >= 4 is 5.69 Å². The molecule has 2 saturated heterocycles. The lowest BCUT2D eigenvalue weighted by molar-refractivity contribution is 0.0913. The Morgan fingerprint density at radius 3 is 2.86 bits per heavy atom. The van der Waals surface area contributed by atoms with E-state index in [9.17, 15) is 0 Å². The monoisotopic (exact) mass is 301 g/mol. The molecule has 122 valence electrons. The van der Waals surface area contributed by atoms with Gasteiger partial charge in [-0.2, -0.15) is 0 Å². The summed E-state index contributed by atoms with van der Waals surface area (Å²) in [4.78, 5) is 5.36. The van der Waals surface area contributed by atoms with Crippen molar-refractivity contribution in [1.82, 2.24) is 9.80 Å². The SMILES string of the molecule is CC1CCCCN1CC1CCCN(Cc2cccc(N)c2)C1. The first-order valence-electron chi connectivity index (χ1n) is 9.01. The van der Waals surface area contributed by atoms with Crippen molar-refractivity contribution in [2.75, 3.05) is 31.9 Å². The lowest BCUT2D eigenvalue weighted by Crippen LogP contribution is -2.45. The van der Waals surface area contributed by atoms with E-state index in [2.05, 4.69) is 34.9 Å². The van der Waals surface area contributed by atoms with Gasteiger partial charge in [-0.05, 0) is 69.3 Å². The van der Waals surface area contributed by atoms with Gasteiger partial charge < -0.3 is 10.6 Å². The second-order valence-corrected chi connectivity index (χ2v) is 7.33. The summed E-state index contributed by atoms with van der Waals surface area (Å²) >= 11 is 0. The van der Waals surface area contributed by atoms with E-state index in [0.717, 1.165) is 24.2 Å². The van der Waals surface area contributed by atoms with Crippen LogP contribution < -0.4 is 5.73 Å². The molecule has 0 aliphatic carbocycles. The predicted octanol–water partition coefficient (Wildman–Crippen LogP) is 3.36. The molecule has 22 heavy (non-hydrogen) atoms. The molecule has 1 aromatic rings. The van der Waals surface area contributed by atoms with Gasteiger partial charge in [-0.1, -0.05) is 18.6 Å². The van der Waals surface area contributed by atoms with Gasteiger partial charge >= 0.3 is 0 Å². The smallest absolute Gasteiger partial charge is 0.0317 e. The summed E-state index contributed by atoms with van der Waals surface area (Å²) in [5.74, 6) is 0.843. The average molecular weight is 301 g/mol. The van der Waals surface area contributed by atoms with Gasteiger partial charge in [-0.25, -0.2) is 0 Å². The van der Waals surface area contributed by atoms with Crippen LogP contribution in [0.2, 0.25) is 0 Å². The number of nitrogens with two attached hydrogens (primary N) is 1. The highest BCUT2D eigenvalue weighted by Crippen LogP contribution is 2.24. The van der Waals surface area contributed by atoms with E-state index < -0.39 is 0 Å². The number of nitrogens with zero attached hydrogens (tertiary/aromatic N) is 2. The maximum Gasteiger partial charge on any atom is 0.0317 e. The zero-order valence-corrected chi connectivity index (χ0v) is 14.0. The summed E-state index contributed by atoms with van der Waals surface area (Å²) in [5.41, 5.74) is 8.14. The van der Waals surface area contributed by atoms with Crippen LogP contribution in [0, 0.1) is 5.92 Å². The molecule has 3 nitrogen and oxygen atoms in total. The van der Waals surface area contributed by atoms with E-state index in [1.165, 1.54) is 63.8 Å². The molecule has 2 unspecified atom stereocenters. The number of piperidine rings is 2. The maximum atomic E-state index is 5.90. The molecule has 2 heterocycles. The number of benzene rings is 1. The van der Waals surface area contributed by atoms with Crippen molar-refractivity contribution in [3.8, 4) is 0 Å². The summed E-state index contributed by atoms with van der Waals surface area (Å²) < 4.78 is 0. The van der Waals surface area contributed by atoms with E-state index in [1.807, 2.05) is 6.07 Å². The number of hydrogen-bond acceptors (Lipinski definition) is 3. The minimum atomic E-state index is 0.790. The topological polar surface area (TPSA) is 32.5 Å². The largest absolute Gasteiger partial charge is 0.399 e. The summed E-state index contributed by atoms with van der Waals surface area (Å²) in [6, 6.07) is 9.16. The fraction of sp³-hybridized carbons (Fsp3) is 0.684. The minimum Gasteiger partial charge on any atom is -0.399 e. The molecule has 2 N–H and O–H groups in total. The van der Waals surface area contributed by atoms with Gasteiger partial charge in [0.1, 0.15) is 0 Å². The molecule has 2 aliphatic heterocycles. The number of anilines is 1. The fourth-order valence-corrected chi connectivity index (χ4v) is 4.15. The number of likely N-dealkylation sites (tertiary alicyclic amines) is 2. The van der Waals surface area contributed by atoms with Crippen LogP contribution in [0.3, 0.4) is 0 Å². The summed E-state index contributed by atoms with van der Waals surface area (Å²) in [6.45, 7) is 8.56. The first kappa shape index (κ1) is 15.8. The van der Waals surface area contributed by atoms with E-state index in [0.29, 0.717) is 0 Å². The Bertz CT molecular complexity index is 474. The van der Waals surface area contributed by atoms with Crippen LogP contribution in [0.1, 0.15) is 44.6 Å². The molecule has 2 fully saturated rings. The molecule has 3 rings (SSSR count). The second-order valence-electron chi connectivity index (χ2n) is 7.33. The highest BCUT2D eigenvalue weighted by atomic mass is 15.2. The molecule has 0 saturated carbocycles. The molecule has 2 atom stereocenters. The molecule has 2 aliphatic rings. The quantitative estimate of drug-likeness (QED) is 0.866. The Labute approximate surface area is 135 Å². The van der Waals surface area contributed by atoms with Crippen LogP contribution in [-0.4, -0.2) is 42.0 Å². The summed E-state index contributed by atoms with van der Waals surface area (Å²) in [7, 11) is 0. The van der Waals surface area contributed by atoms with E-state index in [1.54, 1.807) is 0 Å². The Morgan fingerprint density at radius 1 is 1.14 bits per heavy atom. The summed E-state index contributed by atoms with van der Waals surface area (Å²) in [6.07, 6.45) is 6.94. The van der Waals surface area contributed by atoms with Crippen LogP contribution in [0.25, 0.3) is 0 Å². The predicted molar refractivity (Wildman–Crippen MR) is 93.7 cm³/mol. The van der Waals surface area contributed by atoms with Crippen molar-refractivity contribution in [3.63, 3.8) is 0 Å². The second kappa shape index (κ2) is 7.47. The van der Waals surface area contributed by atoms with Crippen LogP contribution >= 0.6 is 0 Å². The summed E-state index contributed by atoms with van der Waals surface area (Å²) in [5, 5.41) is 0. The molecular formula is C19H31N3. The van der Waals surface area contributed by atoms with Gasteiger partial charge in [0.25, 0.3) is 0 Å². The molecular weight excluding hydrogens is 270 g/mol. The standard InChI is InChI=1S/C19H31N3/c1-16-6-2-3-11-22(16)15-18-8-5-10-21(14-18)13-17-7-4-9-19(20)12-17/h4,7,9,12,16,18H,2-3,5-6,8,10-11,13-15,20H2,1H3. The Balaban J connectivity index is 1.52. The molecule has 0 aromatic heterocycles. The molecule has 3 heteroatoms.